The monoisotopic (exact) mass is 331 g/mol. The summed E-state index contributed by atoms with van der Waals surface area (Å²) in [6.45, 7) is 6.15. The summed E-state index contributed by atoms with van der Waals surface area (Å²) < 4.78 is 1.23. The molecule has 0 saturated carbocycles. The molecule has 6 nitrogen and oxygen atoms in total. The molecule has 1 atom stereocenters. The SMILES string of the molecule is CC(C)CCC[C@H](C)NC(=O)Cn1c(=O)c(=O)[nH]c2ccccc21. The maximum atomic E-state index is 12.2. The smallest absolute Gasteiger partial charge is 0.317 e. The van der Waals surface area contributed by atoms with Gasteiger partial charge in [-0.05, 0) is 31.4 Å². The van der Waals surface area contributed by atoms with Crippen molar-refractivity contribution >= 4 is 16.9 Å². The minimum absolute atomic E-state index is 0.0419. The number of carbonyl (C=O) groups excluding carboxylic acids is 1. The number of rotatable bonds is 7. The van der Waals surface area contributed by atoms with Crippen LogP contribution in [0.25, 0.3) is 11.0 Å². The Bertz CT molecular complexity index is 820. The normalized spacial score (nSPS) is 12.5. The first-order valence-electron chi connectivity index (χ1n) is 8.39. The summed E-state index contributed by atoms with van der Waals surface area (Å²) in [7, 11) is 0. The minimum atomic E-state index is -0.716. The van der Waals surface area contributed by atoms with E-state index in [9.17, 15) is 14.4 Å². The van der Waals surface area contributed by atoms with Gasteiger partial charge in [0.05, 0.1) is 11.0 Å². The fourth-order valence-corrected chi connectivity index (χ4v) is 2.75. The van der Waals surface area contributed by atoms with Crippen LogP contribution in [0.5, 0.6) is 0 Å². The lowest BCUT2D eigenvalue weighted by Gasteiger charge is -2.15. The number of amides is 1. The average molecular weight is 331 g/mol. The largest absolute Gasteiger partial charge is 0.352 e. The zero-order valence-corrected chi connectivity index (χ0v) is 14.5. The zero-order valence-electron chi connectivity index (χ0n) is 14.5. The van der Waals surface area contributed by atoms with Crippen molar-refractivity contribution in [3.63, 3.8) is 0 Å². The Hall–Kier alpha value is -2.37. The van der Waals surface area contributed by atoms with E-state index in [0.29, 0.717) is 17.0 Å². The van der Waals surface area contributed by atoms with Gasteiger partial charge in [-0.2, -0.15) is 0 Å². The number of para-hydroxylation sites is 2. The molecule has 130 valence electrons. The Balaban J connectivity index is 2.09. The molecule has 0 radical (unpaired) electrons. The van der Waals surface area contributed by atoms with Crippen molar-refractivity contribution < 1.29 is 4.79 Å². The Morgan fingerprint density at radius 3 is 2.58 bits per heavy atom. The molecule has 1 heterocycles. The van der Waals surface area contributed by atoms with Gasteiger partial charge in [0.15, 0.2) is 0 Å². The summed E-state index contributed by atoms with van der Waals surface area (Å²) in [5.74, 6) is 0.388. The number of nitrogens with zero attached hydrogens (tertiary/aromatic N) is 1. The van der Waals surface area contributed by atoms with Crippen LogP contribution in [0.3, 0.4) is 0 Å². The molecule has 1 aromatic carbocycles. The van der Waals surface area contributed by atoms with E-state index in [2.05, 4.69) is 24.1 Å². The Labute approximate surface area is 140 Å². The van der Waals surface area contributed by atoms with Gasteiger partial charge < -0.3 is 10.3 Å². The molecular weight excluding hydrogens is 306 g/mol. The third-order valence-electron chi connectivity index (χ3n) is 4.01. The molecule has 6 heteroatoms. The highest BCUT2D eigenvalue weighted by molar-refractivity contribution is 5.80. The van der Waals surface area contributed by atoms with Gasteiger partial charge in [-0.1, -0.05) is 38.8 Å². The Morgan fingerprint density at radius 2 is 1.88 bits per heavy atom. The fourth-order valence-electron chi connectivity index (χ4n) is 2.75. The number of aromatic nitrogens is 2. The van der Waals surface area contributed by atoms with Crippen LogP contribution in [-0.2, 0) is 11.3 Å². The number of hydrogen-bond acceptors (Lipinski definition) is 3. The van der Waals surface area contributed by atoms with Crippen LogP contribution in [0.15, 0.2) is 33.9 Å². The highest BCUT2D eigenvalue weighted by Crippen LogP contribution is 2.09. The molecule has 0 aliphatic heterocycles. The third-order valence-corrected chi connectivity index (χ3v) is 4.01. The Morgan fingerprint density at radius 1 is 1.17 bits per heavy atom. The maximum absolute atomic E-state index is 12.2. The number of aromatic amines is 1. The summed E-state index contributed by atoms with van der Waals surface area (Å²) in [6, 6.07) is 7.00. The molecule has 0 bridgehead atoms. The Kier molecular flexibility index (Phi) is 5.95. The molecule has 0 unspecified atom stereocenters. The van der Waals surface area contributed by atoms with Crippen molar-refractivity contribution in [2.75, 3.05) is 0 Å². The quantitative estimate of drug-likeness (QED) is 0.761. The van der Waals surface area contributed by atoms with E-state index in [1.165, 1.54) is 4.57 Å². The average Bonchev–Trinajstić information content (AvgIpc) is 2.51. The predicted octanol–water partition coefficient (Wildman–Crippen LogP) is 2.02. The van der Waals surface area contributed by atoms with Crippen LogP contribution >= 0.6 is 0 Å². The lowest BCUT2D eigenvalue weighted by molar-refractivity contribution is -0.122. The zero-order chi connectivity index (χ0) is 17.7. The number of carbonyl (C=O) groups is 1. The second-order valence-corrected chi connectivity index (χ2v) is 6.66. The van der Waals surface area contributed by atoms with Gasteiger partial charge in [-0.25, -0.2) is 0 Å². The van der Waals surface area contributed by atoms with E-state index in [1.807, 2.05) is 6.92 Å². The number of nitrogens with one attached hydrogen (secondary N) is 2. The topological polar surface area (TPSA) is 84.0 Å². The molecular formula is C18H25N3O3. The molecule has 2 N–H and O–H groups in total. The number of H-pyrrole nitrogens is 1. The summed E-state index contributed by atoms with van der Waals surface area (Å²) >= 11 is 0. The van der Waals surface area contributed by atoms with Gasteiger partial charge in [0.2, 0.25) is 5.91 Å². The van der Waals surface area contributed by atoms with E-state index in [1.54, 1.807) is 24.3 Å². The van der Waals surface area contributed by atoms with Crippen molar-refractivity contribution in [1.82, 2.24) is 14.9 Å². The van der Waals surface area contributed by atoms with Crippen LogP contribution in [0.4, 0.5) is 0 Å². The van der Waals surface area contributed by atoms with E-state index in [4.69, 9.17) is 0 Å². The molecule has 0 saturated heterocycles. The molecule has 24 heavy (non-hydrogen) atoms. The van der Waals surface area contributed by atoms with Crippen LogP contribution in [0, 0.1) is 5.92 Å². The molecule has 2 aromatic rings. The van der Waals surface area contributed by atoms with Crippen molar-refractivity contribution in [2.24, 2.45) is 5.92 Å². The van der Waals surface area contributed by atoms with Gasteiger partial charge in [0, 0.05) is 6.04 Å². The molecule has 0 aliphatic carbocycles. The van der Waals surface area contributed by atoms with Crippen LogP contribution < -0.4 is 16.4 Å². The first-order valence-corrected chi connectivity index (χ1v) is 8.39. The number of benzene rings is 1. The van der Waals surface area contributed by atoms with E-state index in [-0.39, 0.29) is 18.5 Å². The summed E-state index contributed by atoms with van der Waals surface area (Å²) in [4.78, 5) is 38.6. The minimum Gasteiger partial charge on any atom is -0.352 e. The van der Waals surface area contributed by atoms with Crippen LogP contribution in [0.2, 0.25) is 0 Å². The van der Waals surface area contributed by atoms with Crippen molar-refractivity contribution in [3.8, 4) is 0 Å². The van der Waals surface area contributed by atoms with Gasteiger partial charge in [-0.15, -0.1) is 0 Å². The summed E-state index contributed by atoms with van der Waals surface area (Å²) in [5.41, 5.74) is -0.340. The van der Waals surface area contributed by atoms with E-state index < -0.39 is 11.1 Å². The number of fused-ring (bicyclic) bond motifs is 1. The van der Waals surface area contributed by atoms with Crippen LogP contribution in [-0.4, -0.2) is 21.5 Å². The fraction of sp³-hybridized carbons (Fsp3) is 0.500. The highest BCUT2D eigenvalue weighted by atomic mass is 16.2. The molecule has 0 fully saturated rings. The second kappa shape index (κ2) is 7.95. The molecule has 1 aromatic heterocycles. The molecule has 2 rings (SSSR count). The molecule has 0 spiro atoms. The third kappa shape index (κ3) is 4.57. The van der Waals surface area contributed by atoms with Crippen LogP contribution in [0.1, 0.15) is 40.0 Å². The first kappa shape index (κ1) is 18.0. The lowest BCUT2D eigenvalue weighted by atomic mass is 10.0. The van der Waals surface area contributed by atoms with E-state index >= 15 is 0 Å². The highest BCUT2D eigenvalue weighted by Gasteiger charge is 2.13. The van der Waals surface area contributed by atoms with Crippen molar-refractivity contribution in [2.45, 2.75) is 52.6 Å². The predicted molar refractivity (Wildman–Crippen MR) is 95.1 cm³/mol. The lowest BCUT2D eigenvalue weighted by Crippen LogP contribution is -2.42. The van der Waals surface area contributed by atoms with Gasteiger partial charge >= 0.3 is 11.1 Å². The summed E-state index contributed by atoms with van der Waals surface area (Å²) in [6.07, 6.45) is 3.07. The van der Waals surface area contributed by atoms with Crippen molar-refractivity contribution in [1.29, 1.82) is 0 Å². The van der Waals surface area contributed by atoms with Gasteiger partial charge in [0.25, 0.3) is 0 Å². The number of hydrogen-bond donors (Lipinski definition) is 2. The first-order chi connectivity index (χ1) is 11.4. The van der Waals surface area contributed by atoms with Gasteiger partial charge in [0.1, 0.15) is 6.54 Å². The second-order valence-electron chi connectivity index (χ2n) is 6.66. The van der Waals surface area contributed by atoms with E-state index in [0.717, 1.165) is 19.3 Å². The molecule has 0 aliphatic rings. The maximum Gasteiger partial charge on any atom is 0.317 e. The standard InChI is InChI=1S/C18H25N3O3/c1-12(2)7-6-8-13(3)19-16(22)11-21-15-10-5-4-9-14(15)20-17(23)18(21)24/h4-5,9-10,12-13H,6-8,11H2,1-3H3,(H,19,22)(H,20,23)/t13-/m0/s1. The van der Waals surface area contributed by atoms with Gasteiger partial charge in [-0.3, -0.25) is 19.0 Å². The summed E-state index contributed by atoms with van der Waals surface area (Å²) in [5, 5.41) is 2.90. The van der Waals surface area contributed by atoms with Crippen molar-refractivity contribution in [3.05, 3.63) is 45.0 Å². The molecule has 1 amide bonds.